The van der Waals surface area contributed by atoms with E-state index in [4.69, 9.17) is 0 Å². The summed E-state index contributed by atoms with van der Waals surface area (Å²) in [6.45, 7) is 2.34. The smallest absolute Gasteiger partial charge is 0.124 e. The monoisotopic (exact) mass is 335 g/mol. The maximum absolute atomic E-state index is 4.40. The van der Waals surface area contributed by atoms with Crippen molar-refractivity contribution in [2.24, 2.45) is 0 Å². The van der Waals surface area contributed by atoms with Gasteiger partial charge in [-0.1, -0.05) is 0 Å². The maximum atomic E-state index is 4.40. The van der Waals surface area contributed by atoms with Crippen LogP contribution in [0.15, 0.2) is 17.0 Å². The fraction of sp³-hybridized carbons (Fsp3) is 0.600. The number of aromatic nitrogens is 2. The lowest BCUT2D eigenvalue weighted by Crippen LogP contribution is -2.29. The van der Waals surface area contributed by atoms with Gasteiger partial charge in [0.05, 0.1) is 11.9 Å². The average Bonchev–Trinajstić information content (AvgIpc) is 2.21. The number of halogens is 2. The number of hydrogen-bond acceptors (Lipinski definition) is 3. The molecular weight excluding hydrogens is 322 g/mol. The zero-order chi connectivity index (χ0) is 9.97. The van der Waals surface area contributed by atoms with E-state index < -0.39 is 0 Å². The first-order valence-electron chi connectivity index (χ1n) is 4.91. The Labute approximate surface area is 109 Å². The van der Waals surface area contributed by atoms with Crippen LogP contribution >= 0.6 is 32.9 Å². The molecule has 3 nitrogen and oxygen atoms in total. The first-order valence-corrected chi connectivity index (χ1v) is 5.71. The van der Waals surface area contributed by atoms with E-state index >= 15 is 0 Å². The number of nitrogens with zero attached hydrogens (tertiary/aromatic N) is 3. The van der Waals surface area contributed by atoms with Gasteiger partial charge in [0.15, 0.2) is 0 Å². The van der Waals surface area contributed by atoms with Gasteiger partial charge in [-0.3, -0.25) is 4.98 Å². The molecule has 0 amide bonds. The molecule has 0 aliphatic carbocycles. The van der Waals surface area contributed by atoms with Crippen molar-refractivity contribution in [1.29, 1.82) is 0 Å². The fourth-order valence-electron chi connectivity index (χ4n) is 1.84. The van der Waals surface area contributed by atoms with E-state index in [1.807, 2.05) is 6.20 Å². The predicted octanol–water partition coefficient (Wildman–Crippen LogP) is 2.63. The Morgan fingerprint density at radius 2 is 1.93 bits per heavy atom. The van der Waals surface area contributed by atoms with Gasteiger partial charge in [0.25, 0.3) is 0 Å². The van der Waals surface area contributed by atoms with Gasteiger partial charge in [-0.25, -0.2) is 4.98 Å². The van der Waals surface area contributed by atoms with Crippen LogP contribution in [0, 0.1) is 0 Å². The second-order valence-corrected chi connectivity index (χ2v) is 4.65. The summed E-state index contributed by atoms with van der Waals surface area (Å²) in [6.07, 6.45) is 6.08. The summed E-state index contributed by atoms with van der Waals surface area (Å²) in [6, 6.07) is 0. The quantitative estimate of drug-likeness (QED) is 0.789. The van der Waals surface area contributed by atoms with Gasteiger partial charge in [-0.2, -0.15) is 0 Å². The number of rotatable bonds is 1. The van der Waals surface area contributed by atoms with Gasteiger partial charge in [0.2, 0.25) is 0 Å². The zero-order valence-electron chi connectivity index (χ0n) is 8.69. The van der Waals surface area contributed by atoms with E-state index in [0.29, 0.717) is 5.92 Å². The minimum Gasteiger partial charge on any atom is -0.306 e. The Kier molecular flexibility index (Phi) is 5.15. The number of likely N-dealkylation sites (tertiary alicyclic amines) is 1. The molecule has 1 aliphatic rings. The van der Waals surface area contributed by atoms with Crippen LogP contribution in [-0.2, 0) is 0 Å². The minimum atomic E-state index is 0. The maximum Gasteiger partial charge on any atom is 0.124 e. The Morgan fingerprint density at radius 3 is 2.47 bits per heavy atom. The normalized spacial score (nSPS) is 18.5. The lowest BCUT2D eigenvalue weighted by atomic mass is 9.94. The molecule has 0 N–H and O–H groups in total. The van der Waals surface area contributed by atoms with Gasteiger partial charge in [0.1, 0.15) is 4.60 Å². The van der Waals surface area contributed by atoms with Crippen LogP contribution in [0.25, 0.3) is 0 Å². The van der Waals surface area contributed by atoms with Crippen molar-refractivity contribution in [1.82, 2.24) is 14.9 Å². The third-order valence-electron chi connectivity index (χ3n) is 2.78. The largest absolute Gasteiger partial charge is 0.306 e. The van der Waals surface area contributed by atoms with E-state index in [9.17, 15) is 0 Å². The Balaban J connectivity index is 0.00000112. The molecule has 0 spiro atoms. The van der Waals surface area contributed by atoms with Crippen LogP contribution in [0.2, 0.25) is 0 Å². The fourth-order valence-corrected chi connectivity index (χ4v) is 2.04. The molecule has 0 saturated carbocycles. The Morgan fingerprint density at radius 1 is 1.27 bits per heavy atom. The standard InChI is InChI=1S/C10H14BrN3.BrH/c1-14-4-2-8(3-5-14)9-6-13-10(11)7-12-9;/h6-8H,2-5H2,1H3;1H. The van der Waals surface area contributed by atoms with Crippen molar-refractivity contribution in [3.8, 4) is 0 Å². The Bertz CT molecular complexity index is 294. The SMILES string of the molecule is Br.CN1CCC(c2cnc(Br)cn2)CC1. The predicted molar refractivity (Wildman–Crippen MR) is 69.5 cm³/mol. The van der Waals surface area contributed by atoms with Crippen LogP contribution < -0.4 is 0 Å². The molecule has 0 bridgehead atoms. The third-order valence-corrected chi connectivity index (χ3v) is 3.19. The number of hydrogen-bond donors (Lipinski definition) is 0. The lowest BCUT2D eigenvalue weighted by molar-refractivity contribution is 0.253. The Hall–Kier alpha value is -0.0000000000000000555. The number of piperidine rings is 1. The molecule has 84 valence electrons. The molecule has 1 aromatic rings. The first-order chi connectivity index (χ1) is 6.75. The highest BCUT2D eigenvalue weighted by atomic mass is 79.9. The summed E-state index contributed by atoms with van der Waals surface area (Å²) in [7, 11) is 2.17. The summed E-state index contributed by atoms with van der Waals surface area (Å²) in [5.74, 6) is 0.604. The molecule has 1 saturated heterocycles. The van der Waals surface area contributed by atoms with Gasteiger partial charge >= 0.3 is 0 Å². The average molecular weight is 337 g/mol. The highest BCUT2D eigenvalue weighted by Crippen LogP contribution is 2.25. The summed E-state index contributed by atoms with van der Waals surface area (Å²) >= 11 is 3.30. The minimum absolute atomic E-state index is 0. The molecule has 0 atom stereocenters. The molecule has 1 fully saturated rings. The van der Waals surface area contributed by atoms with E-state index in [2.05, 4.69) is 37.8 Å². The highest BCUT2D eigenvalue weighted by Gasteiger charge is 2.19. The third kappa shape index (κ3) is 3.50. The molecule has 2 rings (SSSR count). The van der Waals surface area contributed by atoms with Crippen LogP contribution in [0.5, 0.6) is 0 Å². The second-order valence-electron chi connectivity index (χ2n) is 3.84. The van der Waals surface area contributed by atoms with Crippen LogP contribution in [0.4, 0.5) is 0 Å². The van der Waals surface area contributed by atoms with Gasteiger partial charge in [-0.05, 0) is 48.9 Å². The van der Waals surface area contributed by atoms with E-state index in [0.717, 1.165) is 10.3 Å². The molecule has 0 radical (unpaired) electrons. The highest BCUT2D eigenvalue weighted by molar-refractivity contribution is 9.10. The molecule has 0 unspecified atom stereocenters. The molecule has 1 aliphatic heterocycles. The van der Waals surface area contributed by atoms with Gasteiger partial charge in [-0.15, -0.1) is 17.0 Å². The molecule has 5 heteroatoms. The van der Waals surface area contributed by atoms with Crippen LogP contribution in [-0.4, -0.2) is 35.0 Å². The van der Waals surface area contributed by atoms with E-state index in [1.54, 1.807) is 6.20 Å². The topological polar surface area (TPSA) is 29.0 Å². The molecular formula is C10H15Br2N3. The lowest BCUT2D eigenvalue weighted by Gasteiger charge is -2.28. The van der Waals surface area contributed by atoms with Gasteiger partial charge < -0.3 is 4.90 Å². The summed E-state index contributed by atoms with van der Waals surface area (Å²) < 4.78 is 0.814. The van der Waals surface area contributed by atoms with Crippen molar-refractivity contribution < 1.29 is 0 Å². The van der Waals surface area contributed by atoms with Crippen LogP contribution in [0.3, 0.4) is 0 Å². The molecule has 0 aromatic carbocycles. The van der Waals surface area contributed by atoms with E-state index in [-0.39, 0.29) is 17.0 Å². The van der Waals surface area contributed by atoms with Crippen molar-refractivity contribution in [2.75, 3.05) is 20.1 Å². The van der Waals surface area contributed by atoms with Crippen molar-refractivity contribution in [3.05, 3.63) is 22.7 Å². The molecule has 15 heavy (non-hydrogen) atoms. The molecule has 1 aromatic heterocycles. The zero-order valence-corrected chi connectivity index (χ0v) is 12.0. The first kappa shape index (κ1) is 13.1. The van der Waals surface area contributed by atoms with Crippen LogP contribution in [0.1, 0.15) is 24.5 Å². The van der Waals surface area contributed by atoms with Crippen molar-refractivity contribution >= 4 is 32.9 Å². The summed E-state index contributed by atoms with van der Waals surface area (Å²) in [5.41, 5.74) is 1.14. The molecule has 2 heterocycles. The second kappa shape index (κ2) is 5.92. The summed E-state index contributed by atoms with van der Waals surface area (Å²) in [5, 5.41) is 0. The van der Waals surface area contributed by atoms with Crippen molar-refractivity contribution in [3.63, 3.8) is 0 Å². The summed E-state index contributed by atoms with van der Waals surface area (Å²) in [4.78, 5) is 11.0. The van der Waals surface area contributed by atoms with Gasteiger partial charge in [0, 0.05) is 12.1 Å². The van der Waals surface area contributed by atoms with E-state index in [1.165, 1.54) is 25.9 Å². The van der Waals surface area contributed by atoms with Crippen molar-refractivity contribution in [2.45, 2.75) is 18.8 Å².